The first-order valence-corrected chi connectivity index (χ1v) is 9.92. The second-order valence-electron chi connectivity index (χ2n) is 7.60. The minimum atomic E-state index is -4.31. The Balaban J connectivity index is 2.08. The molecule has 3 heterocycles. The van der Waals surface area contributed by atoms with E-state index in [0.29, 0.717) is 29.9 Å². The number of hydrogen-bond acceptors (Lipinski definition) is 6. The summed E-state index contributed by atoms with van der Waals surface area (Å²) in [7, 11) is 1.23. The number of anilines is 2. The number of carbonyl (C=O) groups is 2. The van der Waals surface area contributed by atoms with Gasteiger partial charge in [0.1, 0.15) is 5.65 Å². The number of carbonyl (C=O) groups excluding carboxylic acids is 2. The van der Waals surface area contributed by atoms with Crippen molar-refractivity contribution in [3.63, 3.8) is 0 Å². The van der Waals surface area contributed by atoms with Crippen molar-refractivity contribution in [1.29, 1.82) is 0 Å². The van der Waals surface area contributed by atoms with E-state index in [4.69, 9.17) is 9.47 Å². The maximum Gasteiger partial charge on any atom is 0.391 e. The molecule has 170 valence electrons. The normalized spacial score (nSPS) is 17.5. The van der Waals surface area contributed by atoms with Crippen LogP contribution < -0.4 is 10.6 Å². The highest BCUT2D eigenvalue weighted by atomic mass is 19.4. The third-order valence-corrected chi connectivity index (χ3v) is 4.94. The lowest BCUT2D eigenvalue weighted by atomic mass is 10.2. The number of aromatic nitrogens is 2. The second-order valence-corrected chi connectivity index (χ2v) is 7.60. The first-order chi connectivity index (χ1) is 14.6. The van der Waals surface area contributed by atoms with Crippen LogP contribution in [0.25, 0.3) is 11.0 Å². The van der Waals surface area contributed by atoms with E-state index in [2.05, 4.69) is 15.6 Å². The first kappa shape index (κ1) is 22.9. The summed E-state index contributed by atoms with van der Waals surface area (Å²) in [5, 5.41) is 5.83. The van der Waals surface area contributed by atoms with Gasteiger partial charge in [0.15, 0.2) is 5.69 Å². The van der Waals surface area contributed by atoms with Crippen molar-refractivity contribution < 1.29 is 32.2 Å². The fourth-order valence-electron chi connectivity index (χ4n) is 3.77. The Hall–Kier alpha value is -2.82. The van der Waals surface area contributed by atoms with Gasteiger partial charge < -0.3 is 24.7 Å². The molecule has 0 spiro atoms. The van der Waals surface area contributed by atoms with Gasteiger partial charge >= 0.3 is 12.1 Å². The molecular weight excluding hydrogens is 417 g/mol. The molecule has 1 aliphatic heterocycles. The molecule has 3 rings (SSSR count). The standard InChI is InChI=1S/C20H25F3N4O4/c1-11(8-20(21,22)23)25-13-7-15-16(26-12(2)28)17(19(29)30-3)27(18(15)24-9-13)10-14-5-4-6-31-14/h7,9,11,14,25H,4-6,8,10H2,1-3H3,(H,26,28)/t11-,14-/m1/s1. The zero-order chi connectivity index (χ0) is 22.8. The van der Waals surface area contributed by atoms with Gasteiger partial charge in [-0.2, -0.15) is 13.2 Å². The Morgan fingerprint density at radius 3 is 2.74 bits per heavy atom. The molecule has 31 heavy (non-hydrogen) atoms. The number of esters is 1. The monoisotopic (exact) mass is 442 g/mol. The number of halogens is 3. The molecule has 1 fully saturated rings. The van der Waals surface area contributed by atoms with Crippen molar-refractivity contribution >= 4 is 34.3 Å². The molecule has 8 nitrogen and oxygen atoms in total. The van der Waals surface area contributed by atoms with Gasteiger partial charge in [0.2, 0.25) is 5.91 Å². The molecule has 2 atom stereocenters. The van der Waals surface area contributed by atoms with E-state index in [-0.39, 0.29) is 17.5 Å². The summed E-state index contributed by atoms with van der Waals surface area (Å²) in [5.74, 6) is -1.08. The Labute approximate surface area is 177 Å². The van der Waals surface area contributed by atoms with Crippen LogP contribution in [0.4, 0.5) is 24.5 Å². The van der Waals surface area contributed by atoms with Gasteiger partial charge in [-0.05, 0) is 25.8 Å². The SMILES string of the molecule is COC(=O)c1c(NC(C)=O)c2cc(N[C@H](C)CC(F)(F)F)cnc2n1C[C@H]1CCCO1. The number of ether oxygens (including phenoxy) is 2. The molecule has 0 unspecified atom stereocenters. The molecule has 0 aliphatic carbocycles. The minimum absolute atomic E-state index is 0.108. The number of methoxy groups -OCH3 is 1. The van der Waals surface area contributed by atoms with Crippen LogP contribution in [0.1, 0.15) is 43.6 Å². The third-order valence-electron chi connectivity index (χ3n) is 4.94. The summed E-state index contributed by atoms with van der Waals surface area (Å²) < 4.78 is 50.3. The average molecular weight is 442 g/mol. The number of pyridine rings is 1. The summed E-state index contributed by atoms with van der Waals surface area (Å²) in [6.07, 6.45) is -2.35. The highest BCUT2D eigenvalue weighted by Gasteiger charge is 2.31. The fourth-order valence-corrected chi connectivity index (χ4v) is 3.77. The largest absolute Gasteiger partial charge is 0.464 e. The first-order valence-electron chi connectivity index (χ1n) is 9.92. The maximum atomic E-state index is 12.7. The molecule has 1 aliphatic rings. The summed E-state index contributed by atoms with van der Waals surface area (Å²) in [5.41, 5.74) is 1.04. The highest BCUT2D eigenvalue weighted by molar-refractivity contribution is 6.10. The van der Waals surface area contributed by atoms with Crippen molar-refractivity contribution in [3.05, 3.63) is 18.0 Å². The van der Waals surface area contributed by atoms with Crippen molar-refractivity contribution in [2.24, 2.45) is 0 Å². The molecule has 2 N–H and O–H groups in total. The van der Waals surface area contributed by atoms with Gasteiger partial charge in [-0.1, -0.05) is 0 Å². The highest BCUT2D eigenvalue weighted by Crippen LogP contribution is 2.34. The number of nitrogens with zero attached hydrogens (tertiary/aromatic N) is 2. The molecule has 11 heteroatoms. The third kappa shape index (κ3) is 5.46. The van der Waals surface area contributed by atoms with Crippen molar-refractivity contribution in [1.82, 2.24) is 9.55 Å². The van der Waals surface area contributed by atoms with Crippen LogP contribution in [-0.4, -0.2) is 53.5 Å². The Bertz CT molecular complexity index is 967. The second kappa shape index (κ2) is 9.13. The zero-order valence-electron chi connectivity index (χ0n) is 17.5. The van der Waals surface area contributed by atoms with Gasteiger partial charge in [-0.25, -0.2) is 9.78 Å². The van der Waals surface area contributed by atoms with Gasteiger partial charge in [0.05, 0.1) is 43.8 Å². The zero-order valence-corrected chi connectivity index (χ0v) is 17.5. The van der Waals surface area contributed by atoms with E-state index < -0.39 is 30.5 Å². The lowest BCUT2D eigenvalue weighted by Crippen LogP contribution is -2.23. The molecule has 0 aromatic carbocycles. The molecule has 2 aromatic rings. The predicted molar refractivity (Wildman–Crippen MR) is 108 cm³/mol. The van der Waals surface area contributed by atoms with Gasteiger partial charge in [-0.3, -0.25) is 4.79 Å². The minimum Gasteiger partial charge on any atom is -0.464 e. The van der Waals surface area contributed by atoms with Crippen molar-refractivity contribution in [2.75, 3.05) is 24.4 Å². The molecule has 2 aromatic heterocycles. The summed E-state index contributed by atoms with van der Waals surface area (Å²) in [6, 6.07) is 0.677. The molecule has 0 bridgehead atoms. The molecule has 0 radical (unpaired) electrons. The summed E-state index contributed by atoms with van der Waals surface area (Å²) in [6.45, 7) is 3.65. The van der Waals surface area contributed by atoms with E-state index in [1.54, 1.807) is 10.6 Å². The lowest BCUT2D eigenvalue weighted by molar-refractivity contribution is -0.136. The quantitative estimate of drug-likeness (QED) is 0.635. The maximum absolute atomic E-state index is 12.7. The van der Waals surface area contributed by atoms with Crippen LogP contribution >= 0.6 is 0 Å². The van der Waals surface area contributed by atoms with Crippen molar-refractivity contribution in [2.45, 2.75) is 58.0 Å². The topological polar surface area (TPSA) is 94.5 Å². The van der Waals surface area contributed by atoms with Gasteiger partial charge in [0.25, 0.3) is 0 Å². The smallest absolute Gasteiger partial charge is 0.391 e. The van der Waals surface area contributed by atoms with Gasteiger partial charge in [-0.15, -0.1) is 0 Å². The summed E-state index contributed by atoms with van der Waals surface area (Å²) in [4.78, 5) is 28.8. The number of nitrogens with one attached hydrogen (secondary N) is 2. The Morgan fingerprint density at radius 1 is 1.42 bits per heavy atom. The van der Waals surface area contributed by atoms with Crippen LogP contribution in [0.2, 0.25) is 0 Å². The molecule has 1 saturated heterocycles. The average Bonchev–Trinajstić information content (AvgIpc) is 3.26. The molecule has 1 amide bonds. The molecular formula is C20H25F3N4O4. The van der Waals surface area contributed by atoms with Crippen LogP contribution in [0, 0.1) is 0 Å². The van der Waals surface area contributed by atoms with Gasteiger partial charge in [0, 0.05) is 25.0 Å². The summed E-state index contributed by atoms with van der Waals surface area (Å²) >= 11 is 0. The van der Waals surface area contributed by atoms with E-state index in [1.807, 2.05) is 0 Å². The van der Waals surface area contributed by atoms with E-state index in [1.165, 1.54) is 27.2 Å². The number of rotatable bonds is 7. The van der Waals surface area contributed by atoms with Crippen molar-refractivity contribution in [3.8, 4) is 0 Å². The fraction of sp³-hybridized carbons (Fsp3) is 0.550. The predicted octanol–water partition coefficient (Wildman–Crippen LogP) is 3.71. The number of alkyl halides is 3. The van der Waals surface area contributed by atoms with E-state index in [0.717, 1.165) is 12.8 Å². The number of fused-ring (bicyclic) bond motifs is 1. The van der Waals surface area contributed by atoms with Crippen LogP contribution in [0.15, 0.2) is 12.3 Å². The number of hydrogen-bond donors (Lipinski definition) is 2. The van der Waals surface area contributed by atoms with Crippen LogP contribution in [0.3, 0.4) is 0 Å². The van der Waals surface area contributed by atoms with E-state index >= 15 is 0 Å². The Kier molecular flexibility index (Phi) is 6.73. The molecule has 0 saturated carbocycles. The van der Waals surface area contributed by atoms with Crippen LogP contribution in [0.5, 0.6) is 0 Å². The lowest BCUT2D eigenvalue weighted by Gasteiger charge is -2.17. The van der Waals surface area contributed by atoms with Crippen LogP contribution in [-0.2, 0) is 20.8 Å². The Morgan fingerprint density at radius 2 is 2.16 bits per heavy atom. The number of amides is 1. The van der Waals surface area contributed by atoms with E-state index in [9.17, 15) is 22.8 Å².